The summed E-state index contributed by atoms with van der Waals surface area (Å²) >= 11 is 3.37. The molecule has 2 N–H and O–H groups in total. The van der Waals surface area contributed by atoms with E-state index in [2.05, 4.69) is 31.5 Å². The molecule has 1 saturated heterocycles. The lowest BCUT2D eigenvalue weighted by molar-refractivity contribution is -0.116. The lowest BCUT2D eigenvalue weighted by atomic mass is 10.2. The van der Waals surface area contributed by atoms with Gasteiger partial charge in [0.25, 0.3) is 0 Å². The summed E-state index contributed by atoms with van der Waals surface area (Å²) in [5, 5.41) is 6.24. The van der Waals surface area contributed by atoms with Gasteiger partial charge in [-0.3, -0.25) is 4.79 Å². The van der Waals surface area contributed by atoms with Gasteiger partial charge in [0.2, 0.25) is 5.91 Å². The molecular weight excluding hydrogens is 306 g/mol. The highest BCUT2D eigenvalue weighted by atomic mass is 79.9. The van der Waals surface area contributed by atoms with Gasteiger partial charge in [-0.25, -0.2) is 0 Å². The Labute approximate surface area is 122 Å². The molecule has 0 radical (unpaired) electrons. The molecule has 0 bridgehead atoms. The monoisotopic (exact) mass is 325 g/mol. The largest absolute Gasteiger partial charge is 0.326 e. The van der Waals surface area contributed by atoms with Crippen molar-refractivity contribution < 1.29 is 4.79 Å². The molecule has 1 aliphatic heterocycles. The van der Waals surface area contributed by atoms with Gasteiger partial charge in [-0.15, -0.1) is 0 Å². The molecule has 5 heteroatoms. The number of amides is 1. The van der Waals surface area contributed by atoms with Crippen molar-refractivity contribution in [1.82, 2.24) is 10.2 Å². The highest BCUT2D eigenvalue weighted by molar-refractivity contribution is 9.10. The summed E-state index contributed by atoms with van der Waals surface area (Å²) in [6.45, 7) is 5.31. The summed E-state index contributed by atoms with van der Waals surface area (Å²) in [6.07, 6.45) is 1.50. The van der Waals surface area contributed by atoms with Gasteiger partial charge in [-0.1, -0.05) is 15.9 Å². The van der Waals surface area contributed by atoms with E-state index in [-0.39, 0.29) is 5.91 Å². The van der Waals surface area contributed by atoms with Gasteiger partial charge in [0, 0.05) is 42.8 Å². The number of rotatable bonds is 5. The highest BCUT2D eigenvalue weighted by Gasteiger charge is 2.09. The van der Waals surface area contributed by atoms with Gasteiger partial charge in [0.05, 0.1) is 0 Å². The third kappa shape index (κ3) is 5.30. The molecule has 0 saturated carbocycles. The molecular formula is C14H20BrN3O. The van der Waals surface area contributed by atoms with E-state index in [0.29, 0.717) is 6.42 Å². The van der Waals surface area contributed by atoms with E-state index in [1.165, 1.54) is 0 Å². The Hall–Kier alpha value is -0.910. The zero-order valence-electron chi connectivity index (χ0n) is 11.0. The number of halogens is 1. The van der Waals surface area contributed by atoms with Gasteiger partial charge >= 0.3 is 0 Å². The second-order valence-electron chi connectivity index (χ2n) is 4.75. The van der Waals surface area contributed by atoms with Crippen LogP contribution in [-0.2, 0) is 4.79 Å². The van der Waals surface area contributed by atoms with Crippen LogP contribution in [0.5, 0.6) is 0 Å². The van der Waals surface area contributed by atoms with E-state index in [1.807, 2.05) is 24.3 Å². The van der Waals surface area contributed by atoms with Crippen molar-refractivity contribution in [2.75, 3.05) is 38.0 Å². The van der Waals surface area contributed by atoms with Crippen LogP contribution in [0, 0.1) is 0 Å². The number of carbonyl (C=O) groups is 1. The molecule has 0 spiro atoms. The highest BCUT2D eigenvalue weighted by Crippen LogP contribution is 2.14. The summed E-state index contributed by atoms with van der Waals surface area (Å²) in [7, 11) is 0. The van der Waals surface area contributed by atoms with Crippen molar-refractivity contribution in [3.63, 3.8) is 0 Å². The van der Waals surface area contributed by atoms with Gasteiger partial charge in [-0.2, -0.15) is 0 Å². The zero-order valence-corrected chi connectivity index (χ0v) is 12.6. The van der Waals surface area contributed by atoms with Crippen molar-refractivity contribution in [3.05, 3.63) is 28.7 Å². The number of anilines is 1. The molecule has 1 aromatic carbocycles. The first kappa shape index (κ1) is 14.5. The molecule has 1 aliphatic rings. The second kappa shape index (κ2) is 7.62. The number of nitrogens with one attached hydrogen (secondary N) is 2. The Balaban J connectivity index is 1.65. The Morgan fingerprint density at radius 1 is 1.26 bits per heavy atom. The van der Waals surface area contributed by atoms with Gasteiger partial charge in [-0.05, 0) is 37.2 Å². The fraction of sp³-hybridized carbons (Fsp3) is 0.500. The quantitative estimate of drug-likeness (QED) is 0.871. The fourth-order valence-corrected chi connectivity index (χ4v) is 2.42. The standard InChI is InChI=1S/C14H20BrN3O/c15-12-3-5-13(6-4-12)17-14(19)2-1-9-18-10-7-16-8-11-18/h3-6,16H,1-2,7-11H2,(H,17,19). The van der Waals surface area contributed by atoms with Crippen LogP contribution in [0.4, 0.5) is 5.69 Å². The van der Waals surface area contributed by atoms with Crippen molar-refractivity contribution in [3.8, 4) is 0 Å². The molecule has 104 valence electrons. The summed E-state index contributed by atoms with van der Waals surface area (Å²) in [4.78, 5) is 14.2. The lowest BCUT2D eigenvalue weighted by Gasteiger charge is -2.26. The maximum Gasteiger partial charge on any atom is 0.224 e. The second-order valence-corrected chi connectivity index (χ2v) is 5.67. The van der Waals surface area contributed by atoms with Gasteiger partial charge < -0.3 is 15.5 Å². The van der Waals surface area contributed by atoms with Crippen LogP contribution < -0.4 is 10.6 Å². The predicted octanol–water partition coefficient (Wildman–Crippen LogP) is 2.07. The van der Waals surface area contributed by atoms with Crippen LogP contribution in [0.3, 0.4) is 0 Å². The Bertz CT molecular complexity index is 402. The van der Waals surface area contributed by atoms with Gasteiger partial charge in [0.1, 0.15) is 0 Å². The number of carbonyl (C=O) groups excluding carboxylic acids is 1. The van der Waals surface area contributed by atoms with E-state index in [1.54, 1.807) is 0 Å². The summed E-state index contributed by atoms with van der Waals surface area (Å²) in [6, 6.07) is 7.66. The van der Waals surface area contributed by atoms with Crippen molar-refractivity contribution in [2.45, 2.75) is 12.8 Å². The average molecular weight is 326 g/mol. The maximum atomic E-state index is 11.8. The number of benzene rings is 1. The molecule has 4 nitrogen and oxygen atoms in total. The molecule has 1 amide bonds. The Morgan fingerprint density at radius 2 is 1.95 bits per heavy atom. The molecule has 0 atom stereocenters. The molecule has 1 aromatic rings. The minimum Gasteiger partial charge on any atom is -0.326 e. The first-order valence-corrected chi connectivity index (χ1v) is 7.52. The lowest BCUT2D eigenvalue weighted by Crippen LogP contribution is -2.43. The number of nitrogens with zero attached hydrogens (tertiary/aromatic N) is 1. The molecule has 0 aromatic heterocycles. The molecule has 1 heterocycles. The van der Waals surface area contributed by atoms with Crippen LogP contribution >= 0.6 is 15.9 Å². The van der Waals surface area contributed by atoms with E-state index >= 15 is 0 Å². The van der Waals surface area contributed by atoms with Crippen LogP contribution in [0.1, 0.15) is 12.8 Å². The average Bonchev–Trinajstić information content (AvgIpc) is 2.43. The molecule has 1 fully saturated rings. The summed E-state index contributed by atoms with van der Waals surface area (Å²) in [5.41, 5.74) is 0.857. The van der Waals surface area contributed by atoms with Crippen LogP contribution in [0.25, 0.3) is 0 Å². The Morgan fingerprint density at radius 3 is 2.63 bits per heavy atom. The smallest absolute Gasteiger partial charge is 0.224 e. The van der Waals surface area contributed by atoms with E-state index in [4.69, 9.17) is 0 Å². The summed E-state index contributed by atoms with van der Waals surface area (Å²) < 4.78 is 1.02. The molecule has 2 rings (SSSR count). The van der Waals surface area contributed by atoms with Crippen molar-refractivity contribution in [1.29, 1.82) is 0 Å². The van der Waals surface area contributed by atoms with Gasteiger partial charge in [0.15, 0.2) is 0 Å². The Kier molecular flexibility index (Phi) is 5.82. The maximum absolute atomic E-state index is 11.8. The molecule has 19 heavy (non-hydrogen) atoms. The third-order valence-corrected chi connectivity index (χ3v) is 3.74. The third-order valence-electron chi connectivity index (χ3n) is 3.22. The minimum atomic E-state index is 0.0949. The number of piperazine rings is 1. The van der Waals surface area contributed by atoms with E-state index in [0.717, 1.165) is 49.3 Å². The summed E-state index contributed by atoms with van der Waals surface area (Å²) in [5.74, 6) is 0.0949. The van der Waals surface area contributed by atoms with Crippen LogP contribution in [0.15, 0.2) is 28.7 Å². The number of hydrogen-bond donors (Lipinski definition) is 2. The van der Waals surface area contributed by atoms with Crippen LogP contribution in [0.2, 0.25) is 0 Å². The first-order chi connectivity index (χ1) is 9.24. The molecule has 0 unspecified atom stereocenters. The van der Waals surface area contributed by atoms with E-state index in [9.17, 15) is 4.79 Å². The molecule has 0 aliphatic carbocycles. The predicted molar refractivity (Wildman–Crippen MR) is 81.3 cm³/mol. The van der Waals surface area contributed by atoms with Crippen LogP contribution in [-0.4, -0.2) is 43.5 Å². The van der Waals surface area contributed by atoms with Crippen molar-refractivity contribution >= 4 is 27.5 Å². The zero-order chi connectivity index (χ0) is 13.5. The number of hydrogen-bond acceptors (Lipinski definition) is 3. The SMILES string of the molecule is O=C(CCCN1CCNCC1)Nc1ccc(Br)cc1. The van der Waals surface area contributed by atoms with Crippen molar-refractivity contribution in [2.24, 2.45) is 0 Å². The first-order valence-electron chi connectivity index (χ1n) is 6.72. The van der Waals surface area contributed by atoms with E-state index < -0.39 is 0 Å². The topological polar surface area (TPSA) is 44.4 Å². The normalized spacial score (nSPS) is 16.3. The fourth-order valence-electron chi connectivity index (χ4n) is 2.15. The minimum absolute atomic E-state index is 0.0949.